The molecule has 1 fully saturated rings. The molecule has 0 radical (unpaired) electrons. The molecule has 2 aromatic heterocycles. The van der Waals surface area contributed by atoms with Crippen molar-refractivity contribution in [3.63, 3.8) is 0 Å². The largest absolute Gasteiger partial charge is 0.481 e. The lowest BCUT2D eigenvalue weighted by Crippen LogP contribution is -2.46. The molecule has 3 heterocycles. The zero-order valence-corrected chi connectivity index (χ0v) is 35.0. The van der Waals surface area contributed by atoms with Crippen LogP contribution in [0.3, 0.4) is 0 Å². The number of thioether (sulfide) groups is 1. The number of aliphatic hydroxyl groups excluding tert-OH is 2. The highest BCUT2D eigenvalue weighted by atomic mass is 32.2. The predicted molar refractivity (Wildman–Crippen MR) is 205 cm³/mol. The van der Waals surface area contributed by atoms with Crippen molar-refractivity contribution in [3.8, 4) is 0 Å². The summed E-state index contributed by atoms with van der Waals surface area (Å²) in [6.07, 6.45) is 3.00. The van der Waals surface area contributed by atoms with Crippen molar-refractivity contribution < 1.29 is 80.5 Å². The van der Waals surface area contributed by atoms with E-state index in [9.17, 15) is 57.9 Å². The van der Waals surface area contributed by atoms with Crippen molar-refractivity contribution in [2.24, 2.45) is 5.41 Å². The van der Waals surface area contributed by atoms with Crippen molar-refractivity contribution in [1.29, 1.82) is 0 Å². The third-order valence-corrected chi connectivity index (χ3v) is 11.9. The number of hydrogen-bond acceptors (Lipinski definition) is 18. The topological polar surface area (TPSA) is 364 Å². The van der Waals surface area contributed by atoms with Gasteiger partial charge in [-0.25, -0.2) is 28.6 Å². The number of phosphoric ester groups is 3. The normalized spacial score (nSPS) is 21.6. The van der Waals surface area contributed by atoms with Gasteiger partial charge in [-0.1, -0.05) is 63.6 Å². The van der Waals surface area contributed by atoms with Crippen molar-refractivity contribution in [1.82, 2.24) is 30.2 Å². The number of carbonyl (C=O) groups is 3. The number of amides is 2. The van der Waals surface area contributed by atoms with Crippen LogP contribution in [0.2, 0.25) is 0 Å². The number of hydrogen-bond donors (Lipinski definition) is 9. The SMILES string of the molecule is CCCC/C=C\C=C\C(=O)SCCNC(=O)CCNC(=O)C(O)C(C)(C)COP(=O)(O)OP(=O)(O)OCC1OC(n2cnc3c(N)ncnc32)C(O)C1OP(=O)(O)O. The highest BCUT2D eigenvalue weighted by Crippen LogP contribution is 2.61. The maximum Gasteiger partial charge on any atom is 0.481 e. The van der Waals surface area contributed by atoms with Crippen molar-refractivity contribution in [2.45, 2.75) is 77.1 Å². The van der Waals surface area contributed by atoms with E-state index in [1.54, 1.807) is 12.2 Å². The smallest absolute Gasteiger partial charge is 0.386 e. The van der Waals surface area contributed by atoms with E-state index in [2.05, 4.69) is 41.3 Å². The minimum Gasteiger partial charge on any atom is -0.386 e. The first-order chi connectivity index (χ1) is 27.1. The second kappa shape index (κ2) is 22.0. The third-order valence-electron chi connectivity index (χ3n) is 7.95. The highest BCUT2D eigenvalue weighted by molar-refractivity contribution is 8.14. The van der Waals surface area contributed by atoms with Gasteiger partial charge in [-0.2, -0.15) is 4.31 Å². The zero-order chi connectivity index (χ0) is 43.3. The zero-order valence-electron chi connectivity index (χ0n) is 31.5. The average molecular weight is 904 g/mol. The molecule has 7 unspecified atom stereocenters. The van der Waals surface area contributed by atoms with Gasteiger partial charge < -0.3 is 50.9 Å². The van der Waals surface area contributed by atoms with Crippen LogP contribution in [0.1, 0.15) is 52.7 Å². The number of allylic oxidation sites excluding steroid dienone is 3. The van der Waals surface area contributed by atoms with E-state index in [1.807, 2.05) is 6.08 Å². The average Bonchev–Trinajstić information content (AvgIpc) is 3.69. The highest BCUT2D eigenvalue weighted by Gasteiger charge is 2.50. The van der Waals surface area contributed by atoms with Gasteiger partial charge in [0.1, 0.15) is 36.3 Å². The van der Waals surface area contributed by atoms with Gasteiger partial charge in [0.25, 0.3) is 0 Å². The summed E-state index contributed by atoms with van der Waals surface area (Å²) in [7, 11) is -16.4. The first kappa shape index (κ1) is 49.4. The summed E-state index contributed by atoms with van der Waals surface area (Å²) in [6.45, 7) is 2.55. The number of rotatable bonds is 24. The van der Waals surface area contributed by atoms with Crippen LogP contribution in [0.5, 0.6) is 0 Å². The molecular formula is C30H48N7O17P3S. The van der Waals surface area contributed by atoms with Gasteiger partial charge >= 0.3 is 23.5 Å². The van der Waals surface area contributed by atoms with Crippen LogP contribution in [0.25, 0.3) is 11.2 Å². The van der Waals surface area contributed by atoms with E-state index in [-0.39, 0.29) is 41.6 Å². The molecule has 1 aliphatic rings. The molecule has 0 bridgehead atoms. The van der Waals surface area contributed by atoms with E-state index in [1.165, 1.54) is 19.9 Å². The van der Waals surface area contributed by atoms with E-state index in [0.29, 0.717) is 5.75 Å². The molecule has 0 aliphatic carbocycles. The maximum absolute atomic E-state index is 12.7. The second-order valence-corrected chi connectivity index (χ2v) is 18.5. The van der Waals surface area contributed by atoms with Gasteiger partial charge in [-0.3, -0.25) is 32.5 Å². The number of carbonyl (C=O) groups excluding carboxylic acids is 3. The summed E-state index contributed by atoms with van der Waals surface area (Å²) >= 11 is 1.02. The lowest BCUT2D eigenvalue weighted by atomic mass is 9.87. The molecule has 1 aliphatic heterocycles. The van der Waals surface area contributed by atoms with Crippen LogP contribution >= 0.6 is 35.2 Å². The molecule has 2 amide bonds. The van der Waals surface area contributed by atoms with Gasteiger partial charge in [0.15, 0.2) is 17.7 Å². The quantitative estimate of drug-likeness (QED) is 0.0307. The van der Waals surface area contributed by atoms with Crippen molar-refractivity contribution >= 4 is 69.1 Å². The number of nitrogens with two attached hydrogens (primary N) is 1. The standard InChI is InChI=1S/C30H48N7O17P3S/c1-4-5-6-7-8-9-10-21(39)58-14-13-32-20(38)11-12-33-28(42)25(41)30(2,3)16-51-57(48,49)54-56(46,47)50-15-19-24(53-55(43,44)45)23(40)29(52-19)37-18-36-22-26(31)34-17-35-27(22)37/h7-10,17-19,23-25,29,40-41H,4-6,11-16H2,1-3H3,(H,32,38)(H,33,42)(H,46,47)(H,48,49)(H2,31,34,35)(H2,43,44,45)/b8-7-,10-9+. The van der Waals surface area contributed by atoms with Crippen LogP contribution in [0.15, 0.2) is 37.0 Å². The van der Waals surface area contributed by atoms with E-state index in [0.717, 1.165) is 48.2 Å². The first-order valence-electron chi connectivity index (χ1n) is 17.4. The number of aromatic nitrogens is 4. The molecule has 1 saturated heterocycles. The lowest BCUT2D eigenvalue weighted by molar-refractivity contribution is -0.137. The Bertz CT molecular complexity index is 1930. The first-order valence-corrected chi connectivity index (χ1v) is 23.0. The van der Waals surface area contributed by atoms with E-state index >= 15 is 0 Å². The van der Waals surface area contributed by atoms with Crippen LogP contribution in [-0.2, 0) is 50.7 Å². The number of imidazole rings is 1. The number of aliphatic hydroxyl groups is 2. The molecular weight excluding hydrogens is 855 g/mol. The van der Waals surface area contributed by atoms with Gasteiger partial charge in [0.05, 0.1) is 19.5 Å². The summed E-state index contributed by atoms with van der Waals surface area (Å²) in [5.41, 5.74) is 4.26. The molecule has 0 saturated carbocycles. The monoisotopic (exact) mass is 903 g/mol. The summed E-state index contributed by atoms with van der Waals surface area (Å²) < 4.78 is 62.1. The molecule has 58 heavy (non-hydrogen) atoms. The number of fused-ring (bicyclic) bond motifs is 1. The number of phosphoric acid groups is 3. The van der Waals surface area contributed by atoms with Gasteiger partial charge in [-0.15, -0.1) is 0 Å². The fourth-order valence-electron chi connectivity index (χ4n) is 4.96. The molecule has 2 aromatic rings. The van der Waals surface area contributed by atoms with Crippen LogP contribution in [-0.4, -0.2) is 123 Å². The third kappa shape index (κ3) is 15.9. The van der Waals surface area contributed by atoms with E-state index in [4.69, 9.17) is 19.5 Å². The minimum atomic E-state index is -5.57. The molecule has 24 nitrogen and oxygen atoms in total. The molecule has 326 valence electrons. The Morgan fingerprint density at radius 1 is 1.07 bits per heavy atom. The van der Waals surface area contributed by atoms with Crippen LogP contribution < -0.4 is 16.4 Å². The van der Waals surface area contributed by atoms with Crippen LogP contribution in [0, 0.1) is 5.41 Å². The Kier molecular flexibility index (Phi) is 18.8. The van der Waals surface area contributed by atoms with Crippen LogP contribution in [0.4, 0.5) is 5.82 Å². The van der Waals surface area contributed by atoms with E-state index < -0.39 is 84.6 Å². The molecule has 28 heteroatoms. The van der Waals surface area contributed by atoms with Gasteiger partial charge in [0, 0.05) is 30.7 Å². The van der Waals surface area contributed by atoms with Crippen molar-refractivity contribution in [3.05, 3.63) is 37.0 Å². The molecule has 0 spiro atoms. The second-order valence-electron chi connectivity index (χ2n) is 13.2. The Hall–Kier alpha value is -2.96. The van der Waals surface area contributed by atoms with Gasteiger partial charge in [0.2, 0.25) is 16.9 Å². The fourth-order valence-corrected chi connectivity index (χ4v) is 8.37. The van der Waals surface area contributed by atoms with Crippen molar-refractivity contribution in [2.75, 3.05) is 37.8 Å². The Morgan fingerprint density at radius 2 is 1.78 bits per heavy atom. The Balaban J connectivity index is 1.45. The van der Waals surface area contributed by atoms with Gasteiger partial charge in [-0.05, 0) is 12.5 Å². The summed E-state index contributed by atoms with van der Waals surface area (Å²) in [5, 5.41) is 26.2. The number of nitrogens with zero attached hydrogens (tertiary/aromatic N) is 4. The number of nitrogen functional groups attached to an aromatic ring is 1. The Labute approximate surface area is 336 Å². The summed E-state index contributed by atoms with van der Waals surface area (Å²) in [6, 6.07) is 0. The fraction of sp³-hybridized carbons (Fsp3) is 0.600. The molecule has 10 N–H and O–H groups in total. The number of nitrogens with one attached hydrogen (secondary N) is 2. The number of unbranched alkanes of at least 4 members (excludes halogenated alkanes) is 2. The predicted octanol–water partition coefficient (Wildman–Crippen LogP) is 0.967. The Morgan fingerprint density at radius 3 is 2.47 bits per heavy atom. The molecule has 3 rings (SSSR count). The number of ether oxygens (including phenoxy) is 1. The summed E-state index contributed by atoms with van der Waals surface area (Å²) in [5.74, 6) is -1.15. The number of anilines is 1. The minimum absolute atomic E-state index is 0.0298. The maximum atomic E-state index is 12.7. The molecule has 0 aromatic carbocycles. The molecule has 7 atom stereocenters. The summed E-state index contributed by atoms with van der Waals surface area (Å²) in [4.78, 5) is 87.5. The lowest BCUT2D eigenvalue weighted by Gasteiger charge is -2.30.